The van der Waals surface area contributed by atoms with E-state index in [1.807, 2.05) is 37.3 Å². The third kappa shape index (κ3) is 3.99. The number of aryl methyl sites for hydroxylation is 1. The zero-order valence-electron chi connectivity index (χ0n) is 13.6. The molecule has 23 heavy (non-hydrogen) atoms. The van der Waals surface area contributed by atoms with E-state index < -0.39 is 0 Å². The summed E-state index contributed by atoms with van der Waals surface area (Å²) in [6, 6.07) is 16.8. The van der Waals surface area contributed by atoms with Crippen molar-refractivity contribution in [1.82, 2.24) is 10.6 Å². The number of hydrogen-bond donors (Lipinski definition) is 2. The smallest absolute Gasteiger partial charge is 0.251 e. The lowest BCUT2D eigenvalue weighted by molar-refractivity contribution is 0.0952. The second kappa shape index (κ2) is 7.42. The van der Waals surface area contributed by atoms with E-state index in [-0.39, 0.29) is 5.91 Å². The molecule has 0 aromatic heterocycles. The summed E-state index contributed by atoms with van der Waals surface area (Å²) >= 11 is 0. The Morgan fingerprint density at radius 2 is 2.00 bits per heavy atom. The third-order valence-electron chi connectivity index (χ3n) is 4.53. The van der Waals surface area contributed by atoms with Crippen molar-refractivity contribution in [3.05, 3.63) is 59.7 Å². The summed E-state index contributed by atoms with van der Waals surface area (Å²) in [5.41, 5.74) is 4.00. The van der Waals surface area contributed by atoms with Crippen LogP contribution in [0.3, 0.4) is 0 Å². The molecule has 1 aliphatic heterocycles. The molecule has 1 saturated heterocycles. The number of carbonyl (C=O) groups is 1. The van der Waals surface area contributed by atoms with Gasteiger partial charge in [-0.05, 0) is 55.5 Å². The Morgan fingerprint density at radius 3 is 2.74 bits per heavy atom. The van der Waals surface area contributed by atoms with E-state index in [0.717, 1.165) is 41.8 Å². The maximum atomic E-state index is 12.5. The molecule has 0 radical (unpaired) electrons. The molecule has 0 bridgehead atoms. The van der Waals surface area contributed by atoms with E-state index in [4.69, 9.17) is 0 Å². The van der Waals surface area contributed by atoms with Gasteiger partial charge in [0.15, 0.2) is 0 Å². The molecule has 1 aliphatic rings. The van der Waals surface area contributed by atoms with Crippen LogP contribution in [0.2, 0.25) is 0 Å². The number of hydrogen-bond acceptors (Lipinski definition) is 2. The average Bonchev–Trinajstić information content (AvgIpc) is 3.09. The lowest BCUT2D eigenvalue weighted by Crippen LogP contribution is -2.30. The lowest BCUT2D eigenvalue weighted by Gasteiger charge is -2.12. The summed E-state index contributed by atoms with van der Waals surface area (Å²) in [6.45, 7) is 3.82. The van der Waals surface area contributed by atoms with Gasteiger partial charge in [0.25, 0.3) is 5.91 Å². The van der Waals surface area contributed by atoms with E-state index in [1.54, 1.807) is 0 Å². The van der Waals surface area contributed by atoms with Crippen molar-refractivity contribution in [2.45, 2.75) is 32.2 Å². The van der Waals surface area contributed by atoms with Gasteiger partial charge in [0.05, 0.1) is 0 Å². The molecular formula is C20H24N2O. The first-order valence-electron chi connectivity index (χ1n) is 8.42. The molecule has 0 spiro atoms. The van der Waals surface area contributed by atoms with Gasteiger partial charge >= 0.3 is 0 Å². The van der Waals surface area contributed by atoms with Crippen LogP contribution < -0.4 is 10.6 Å². The highest BCUT2D eigenvalue weighted by atomic mass is 16.1. The molecule has 1 fully saturated rings. The van der Waals surface area contributed by atoms with Crippen LogP contribution in [0.15, 0.2) is 48.5 Å². The first kappa shape index (κ1) is 15.8. The number of nitrogens with one attached hydrogen (secondary N) is 2. The summed E-state index contributed by atoms with van der Waals surface area (Å²) in [6.07, 6.45) is 3.47. The second-order valence-electron chi connectivity index (χ2n) is 6.23. The van der Waals surface area contributed by atoms with Gasteiger partial charge in [-0.25, -0.2) is 0 Å². The Balaban J connectivity index is 1.67. The fraction of sp³-hybridized carbons (Fsp3) is 0.350. The SMILES string of the molecule is Cc1ccc(-c2ccccc2)cc1C(=O)NCC[C@@H]1CCCN1. The van der Waals surface area contributed by atoms with Gasteiger partial charge < -0.3 is 10.6 Å². The molecule has 2 aromatic rings. The maximum Gasteiger partial charge on any atom is 0.251 e. The summed E-state index contributed by atoms with van der Waals surface area (Å²) in [5.74, 6) is 0.0262. The van der Waals surface area contributed by atoms with E-state index in [0.29, 0.717) is 6.04 Å². The van der Waals surface area contributed by atoms with Crippen molar-refractivity contribution in [3.63, 3.8) is 0 Å². The molecule has 0 unspecified atom stereocenters. The predicted molar refractivity (Wildman–Crippen MR) is 94.6 cm³/mol. The Kier molecular flexibility index (Phi) is 5.09. The molecule has 1 amide bonds. The fourth-order valence-corrected chi connectivity index (χ4v) is 3.14. The number of benzene rings is 2. The highest BCUT2D eigenvalue weighted by Gasteiger charge is 2.15. The minimum Gasteiger partial charge on any atom is -0.352 e. The van der Waals surface area contributed by atoms with Gasteiger partial charge in [-0.3, -0.25) is 4.79 Å². The molecular weight excluding hydrogens is 284 g/mol. The van der Waals surface area contributed by atoms with Crippen molar-refractivity contribution < 1.29 is 4.79 Å². The standard InChI is InChI=1S/C20H24N2O/c1-15-9-10-17(16-6-3-2-4-7-16)14-19(15)20(23)22-13-11-18-8-5-12-21-18/h2-4,6-7,9-10,14,18,21H,5,8,11-13H2,1H3,(H,22,23)/t18-/m0/s1. The Hall–Kier alpha value is -2.13. The summed E-state index contributed by atoms with van der Waals surface area (Å²) in [4.78, 5) is 12.5. The van der Waals surface area contributed by atoms with Crippen LogP contribution in [0.1, 0.15) is 35.2 Å². The maximum absolute atomic E-state index is 12.5. The van der Waals surface area contributed by atoms with E-state index >= 15 is 0 Å². The molecule has 0 aliphatic carbocycles. The first-order chi connectivity index (χ1) is 11.2. The molecule has 2 N–H and O–H groups in total. The number of carbonyl (C=O) groups excluding carboxylic acids is 1. The summed E-state index contributed by atoms with van der Waals surface area (Å²) < 4.78 is 0. The number of amides is 1. The van der Waals surface area contributed by atoms with Crippen LogP contribution in [-0.4, -0.2) is 25.0 Å². The van der Waals surface area contributed by atoms with Crippen LogP contribution in [0, 0.1) is 6.92 Å². The highest BCUT2D eigenvalue weighted by Crippen LogP contribution is 2.22. The van der Waals surface area contributed by atoms with E-state index in [1.165, 1.54) is 12.8 Å². The van der Waals surface area contributed by atoms with Gasteiger partial charge in [0, 0.05) is 18.2 Å². The summed E-state index contributed by atoms with van der Waals surface area (Å²) in [7, 11) is 0. The van der Waals surface area contributed by atoms with Gasteiger partial charge in [0.1, 0.15) is 0 Å². The van der Waals surface area contributed by atoms with Gasteiger partial charge in [-0.1, -0.05) is 42.5 Å². The van der Waals surface area contributed by atoms with Gasteiger partial charge in [-0.15, -0.1) is 0 Å². The van der Waals surface area contributed by atoms with Crippen molar-refractivity contribution in [1.29, 1.82) is 0 Å². The van der Waals surface area contributed by atoms with Gasteiger partial charge in [-0.2, -0.15) is 0 Å². The Labute approximate surface area is 138 Å². The molecule has 2 aromatic carbocycles. The Morgan fingerprint density at radius 1 is 1.17 bits per heavy atom. The largest absolute Gasteiger partial charge is 0.352 e. The van der Waals surface area contributed by atoms with Crippen LogP contribution in [0.25, 0.3) is 11.1 Å². The van der Waals surface area contributed by atoms with Crippen LogP contribution in [0.4, 0.5) is 0 Å². The van der Waals surface area contributed by atoms with Crippen molar-refractivity contribution in [2.75, 3.05) is 13.1 Å². The lowest BCUT2D eigenvalue weighted by atomic mass is 9.99. The minimum absolute atomic E-state index is 0.0262. The third-order valence-corrected chi connectivity index (χ3v) is 4.53. The summed E-state index contributed by atoms with van der Waals surface area (Å²) in [5, 5.41) is 6.53. The van der Waals surface area contributed by atoms with Gasteiger partial charge in [0.2, 0.25) is 0 Å². The normalized spacial score (nSPS) is 17.2. The molecule has 3 rings (SSSR count). The quantitative estimate of drug-likeness (QED) is 0.887. The topological polar surface area (TPSA) is 41.1 Å². The van der Waals surface area contributed by atoms with Crippen LogP contribution >= 0.6 is 0 Å². The molecule has 3 nitrogen and oxygen atoms in total. The van der Waals surface area contributed by atoms with E-state index in [9.17, 15) is 4.79 Å². The first-order valence-corrected chi connectivity index (χ1v) is 8.42. The predicted octanol–water partition coefficient (Wildman–Crippen LogP) is 3.53. The monoisotopic (exact) mass is 308 g/mol. The average molecular weight is 308 g/mol. The van der Waals surface area contributed by atoms with Crippen LogP contribution in [-0.2, 0) is 0 Å². The molecule has 3 heteroatoms. The number of rotatable bonds is 5. The highest BCUT2D eigenvalue weighted by molar-refractivity contribution is 5.96. The molecule has 1 heterocycles. The van der Waals surface area contributed by atoms with E-state index in [2.05, 4.69) is 28.8 Å². The van der Waals surface area contributed by atoms with Crippen molar-refractivity contribution in [2.24, 2.45) is 0 Å². The zero-order chi connectivity index (χ0) is 16.1. The molecule has 120 valence electrons. The van der Waals surface area contributed by atoms with Crippen molar-refractivity contribution >= 4 is 5.91 Å². The fourth-order valence-electron chi connectivity index (χ4n) is 3.14. The molecule has 0 saturated carbocycles. The zero-order valence-corrected chi connectivity index (χ0v) is 13.6. The van der Waals surface area contributed by atoms with Crippen LogP contribution in [0.5, 0.6) is 0 Å². The second-order valence-corrected chi connectivity index (χ2v) is 6.23. The molecule has 1 atom stereocenters. The van der Waals surface area contributed by atoms with Crippen molar-refractivity contribution in [3.8, 4) is 11.1 Å². The minimum atomic E-state index is 0.0262. The Bertz CT molecular complexity index is 661.